The van der Waals surface area contributed by atoms with E-state index in [2.05, 4.69) is 41.6 Å². The summed E-state index contributed by atoms with van der Waals surface area (Å²) >= 11 is 0. The van der Waals surface area contributed by atoms with Gasteiger partial charge < -0.3 is 15.5 Å². The molecule has 0 saturated carbocycles. The molecule has 0 fully saturated rings. The molecule has 2 N–H and O–H groups in total. The maximum atomic E-state index is 12.4. The van der Waals surface area contributed by atoms with Gasteiger partial charge in [-0.15, -0.1) is 24.0 Å². The van der Waals surface area contributed by atoms with Crippen molar-refractivity contribution in [2.45, 2.75) is 65.5 Å². The third kappa shape index (κ3) is 8.49. The Balaban J connectivity index is 0.00000364. The van der Waals surface area contributed by atoms with Crippen molar-refractivity contribution < 1.29 is 4.79 Å². The van der Waals surface area contributed by atoms with Gasteiger partial charge in [0.1, 0.15) is 0 Å². The van der Waals surface area contributed by atoms with E-state index < -0.39 is 0 Å². The van der Waals surface area contributed by atoms with Gasteiger partial charge in [-0.3, -0.25) is 9.79 Å². The Morgan fingerprint density at radius 1 is 1.04 bits per heavy atom. The van der Waals surface area contributed by atoms with Gasteiger partial charge in [-0.2, -0.15) is 0 Å². The largest absolute Gasteiger partial charge is 0.357 e. The van der Waals surface area contributed by atoms with Gasteiger partial charge in [-0.25, -0.2) is 0 Å². The van der Waals surface area contributed by atoms with Crippen molar-refractivity contribution in [3.05, 3.63) is 35.4 Å². The van der Waals surface area contributed by atoms with E-state index in [1.54, 1.807) is 0 Å². The van der Waals surface area contributed by atoms with Crippen LogP contribution in [0.2, 0.25) is 0 Å². The van der Waals surface area contributed by atoms with Crippen LogP contribution in [0.3, 0.4) is 0 Å². The standard InChI is InChI=1S/C21H34N4O.HI/c1-3-5-6-9-14-23-21(22-4-2)24-15-10-13-20(26)25-16-18-11-7-8-12-19(18)17-25;/h7-8,11-12H,3-6,9-10,13-17H2,1-2H3,(H2,22,23,24);1H. The van der Waals surface area contributed by atoms with Crippen LogP contribution < -0.4 is 10.6 Å². The Kier molecular flexibility index (Phi) is 12.1. The number of nitrogens with zero attached hydrogens (tertiary/aromatic N) is 2. The average Bonchev–Trinajstić information content (AvgIpc) is 3.09. The lowest BCUT2D eigenvalue weighted by molar-refractivity contribution is -0.131. The summed E-state index contributed by atoms with van der Waals surface area (Å²) < 4.78 is 0. The quantitative estimate of drug-likeness (QED) is 0.227. The Hall–Kier alpha value is -1.31. The van der Waals surface area contributed by atoms with Gasteiger partial charge in [0.15, 0.2) is 5.96 Å². The molecule has 1 heterocycles. The molecule has 6 heteroatoms. The number of carbonyl (C=O) groups is 1. The van der Waals surface area contributed by atoms with Crippen LogP contribution >= 0.6 is 24.0 Å². The highest BCUT2D eigenvalue weighted by Crippen LogP contribution is 2.22. The zero-order valence-corrected chi connectivity index (χ0v) is 19.1. The molecule has 0 unspecified atom stereocenters. The van der Waals surface area contributed by atoms with Crippen molar-refractivity contribution in [3.8, 4) is 0 Å². The smallest absolute Gasteiger partial charge is 0.223 e. The minimum absolute atomic E-state index is 0. The van der Waals surface area contributed by atoms with Crippen LogP contribution in [0, 0.1) is 0 Å². The summed E-state index contributed by atoms with van der Waals surface area (Å²) in [5.74, 6) is 1.10. The van der Waals surface area contributed by atoms with Crippen molar-refractivity contribution in [3.63, 3.8) is 0 Å². The lowest BCUT2D eigenvalue weighted by Crippen LogP contribution is -2.37. The lowest BCUT2D eigenvalue weighted by Gasteiger charge is -2.15. The number of halogens is 1. The fourth-order valence-corrected chi connectivity index (χ4v) is 3.19. The van der Waals surface area contributed by atoms with E-state index in [1.807, 2.05) is 17.0 Å². The molecule has 1 aliphatic rings. The summed E-state index contributed by atoms with van der Waals surface area (Å²) in [6.45, 7) is 8.28. The highest BCUT2D eigenvalue weighted by atomic mass is 127. The first kappa shape index (κ1) is 23.7. The van der Waals surface area contributed by atoms with Gasteiger partial charge in [-0.1, -0.05) is 50.5 Å². The van der Waals surface area contributed by atoms with Crippen LogP contribution in [-0.2, 0) is 17.9 Å². The van der Waals surface area contributed by atoms with Gasteiger partial charge in [-0.05, 0) is 30.9 Å². The Morgan fingerprint density at radius 2 is 1.74 bits per heavy atom. The number of guanidine groups is 1. The number of hydrogen-bond acceptors (Lipinski definition) is 2. The highest BCUT2D eigenvalue weighted by Gasteiger charge is 2.22. The van der Waals surface area contributed by atoms with E-state index in [-0.39, 0.29) is 29.9 Å². The third-order valence-corrected chi connectivity index (χ3v) is 4.68. The van der Waals surface area contributed by atoms with Crippen LogP contribution in [0.25, 0.3) is 0 Å². The van der Waals surface area contributed by atoms with Crippen LogP contribution in [0.1, 0.15) is 63.5 Å². The number of benzene rings is 1. The van der Waals surface area contributed by atoms with E-state index in [0.29, 0.717) is 13.0 Å². The number of rotatable bonds is 10. The Bertz CT molecular complexity index is 566. The summed E-state index contributed by atoms with van der Waals surface area (Å²) in [6, 6.07) is 8.31. The highest BCUT2D eigenvalue weighted by molar-refractivity contribution is 14.0. The van der Waals surface area contributed by atoms with Gasteiger partial charge in [0.2, 0.25) is 5.91 Å². The van der Waals surface area contributed by atoms with E-state index in [9.17, 15) is 4.79 Å². The van der Waals surface area contributed by atoms with Gasteiger partial charge in [0, 0.05) is 39.1 Å². The second-order valence-electron chi connectivity index (χ2n) is 6.87. The van der Waals surface area contributed by atoms with Crippen molar-refractivity contribution in [2.24, 2.45) is 4.99 Å². The first-order chi connectivity index (χ1) is 12.7. The molecule has 1 amide bonds. The summed E-state index contributed by atoms with van der Waals surface area (Å²) in [6.07, 6.45) is 6.33. The predicted molar refractivity (Wildman–Crippen MR) is 123 cm³/mol. The lowest BCUT2D eigenvalue weighted by atomic mass is 10.1. The number of nitrogens with one attached hydrogen (secondary N) is 2. The molecular formula is C21H35IN4O. The third-order valence-electron chi connectivity index (χ3n) is 4.68. The summed E-state index contributed by atoms with van der Waals surface area (Å²) in [7, 11) is 0. The molecule has 2 rings (SSSR count). The molecule has 27 heavy (non-hydrogen) atoms. The molecule has 0 bridgehead atoms. The molecule has 1 aromatic rings. The van der Waals surface area contributed by atoms with Crippen molar-refractivity contribution >= 4 is 35.8 Å². The van der Waals surface area contributed by atoms with Crippen LogP contribution in [0.15, 0.2) is 29.3 Å². The molecule has 1 aromatic carbocycles. The molecule has 5 nitrogen and oxygen atoms in total. The first-order valence-corrected chi connectivity index (χ1v) is 10.1. The molecule has 0 radical (unpaired) electrons. The maximum absolute atomic E-state index is 12.4. The predicted octanol–water partition coefficient (Wildman–Crippen LogP) is 4.06. The zero-order chi connectivity index (χ0) is 18.6. The summed E-state index contributed by atoms with van der Waals surface area (Å²) in [4.78, 5) is 18.9. The van der Waals surface area contributed by atoms with Crippen LogP contribution in [0.5, 0.6) is 0 Å². The van der Waals surface area contributed by atoms with E-state index in [4.69, 9.17) is 0 Å². The van der Waals surface area contributed by atoms with E-state index in [0.717, 1.165) is 38.6 Å². The SMILES string of the molecule is CCCCCCNC(=NCCCC(=O)N1Cc2ccccc2C1)NCC.I. The molecule has 0 spiro atoms. The van der Waals surface area contributed by atoms with Crippen LogP contribution in [0.4, 0.5) is 0 Å². The maximum Gasteiger partial charge on any atom is 0.223 e. The average molecular weight is 486 g/mol. The summed E-state index contributed by atoms with van der Waals surface area (Å²) in [5, 5.41) is 6.65. The number of aliphatic imine (C=N–C) groups is 1. The van der Waals surface area contributed by atoms with Gasteiger partial charge in [0.05, 0.1) is 0 Å². The Labute approximate surface area is 181 Å². The fourth-order valence-electron chi connectivity index (χ4n) is 3.19. The van der Waals surface area contributed by atoms with E-state index >= 15 is 0 Å². The fraction of sp³-hybridized carbons (Fsp3) is 0.619. The second-order valence-corrected chi connectivity index (χ2v) is 6.87. The molecule has 152 valence electrons. The minimum atomic E-state index is 0. The summed E-state index contributed by atoms with van der Waals surface area (Å²) in [5.41, 5.74) is 2.56. The van der Waals surface area contributed by atoms with Gasteiger partial charge >= 0.3 is 0 Å². The number of amides is 1. The van der Waals surface area contributed by atoms with Crippen molar-refractivity contribution in [2.75, 3.05) is 19.6 Å². The first-order valence-electron chi connectivity index (χ1n) is 10.1. The molecular weight excluding hydrogens is 451 g/mol. The van der Waals surface area contributed by atoms with Gasteiger partial charge in [0.25, 0.3) is 0 Å². The molecule has 0 aromatic heterocycles. The zero-order valence-electron chi connectivity index (χ0n) is 16.8. The van der Waals surface area contributed by atoms with Crippen molar-refractivity contribution in [1.29, 1.82) is 0 Å². The topological polar surface area (TPSA) is 56.7 Å². The number of hydrogen-bond donors (Lipinski definition) is 2. The number of unbranched alkanes of at least 4 members (excludes halogenated alkanes) is 3. The van der Waals surface area contributed by atoms with E-state index in [1.165, 1.54) is 36.8 Å². The molecule has 1 aliphatic heterocycles. The molecule has 0 aliphatic carbocycles. The number of fused-ring (bicyclic) bond motifs is 1. The monoisotopic (exact) mass is 486 g/mol. The second kappa shape index (κ2) is 13.8. The normalized spacial score (nSPS) is 13.1. The molecule has 0 atom stereocenters. The minimum Gasteiger partial charge on any atom is -0.357 e. The van der Waals surface area contributed by atoms with Crippen molar-refractivity contribution in [1.82, 2.24) is 15.5 Å². The van der Waals surface area contributed by atoms with Crippen LogP contribution in [-0.4, -0.2) is 36.4 Å². The Morgan fingerprint density at radius 3 is 2.37 bits per heavy atom. The molecule has 0 saturated heterocycles. The number of carbonyl (C=O) groups excluding carboxylic acids is 1.